The first kappa shape index (κ1) is 31.8. The summed E-state index contributed by atoms with van der Waals surface area (Å²) in [7, 11) is 3.28. The van der Waals surface area contributed by atoms with Crippen molar-refractivity contribution in [2.24, 2.45) is 5.92 Å². The lowest BCUT2D eigenvalue weighted by molar-refractivity contribution is -0.134. The van der Waals surface area contributed by atoms with Crippen molar-refractivity contribution in [2.45, 2.75) is 57.8 Å². The van der Waals surface area contributed by atoms with Crippen LogP contribution in [-0.4, -0.2) is 66.3 Å². The number of carboxylic acids is 2. The van der Waals surface area contributed by atoms with E-state index in [2.05, 4.69) is 50.4 Å². The van der Waals surface area contributed by atoms with Gasteiger partial charge >= 0.3 is 11.9 Å². The van der Waals surface area contributed by atoms with Crippen LogP contribution in [0.3, 0.4) is 0 Å². The monoisotopic (exact) mass is 543 g/mol. The molecule has 0 unspecified atom stereocenters. The third-order valence-corrected chi connectivity index (χ3v) is 6.29. The van der Waals surface area contributed by atoms with Crippen LogP contribution in [0.25, 0.3) is 0 Å². The van der Waals surface area contributed by atoms with Gasteiger partial charge in [0.25, 0.3) is 0 Å². The number of aryl methyl sites for hydroxylation is 1. The number of rotatable bonds is 14. The summed E-state index contributed by atoms with van der Waals surface area (Å²) in [5, 5.41) is 29.7. The number of benzene rings is 2. The van der Waals surface area contributed by atoms with Gasteiger partial charge in [-0.05, 0) is 74.8 Å². The molecule has 0 radical (unpaired) electrons. The molecule has 1 aliphatic carbocycles. The molecule has 3 rings (SSSR count). The minimum Gasteiger partial charge on any atom is -0.493 e. The summed E-state index contributed by atoms with van der Waals surface area (Å²) in [4.78, 5) is 19.1. The second-order valence-corrected chi connectivity index (χ2v) is 10.2. The van der Waals surface area contributed by atoms with Gasteiger partial charge in [0.2, 0.25) is 0 Å². The Morgan fingerprint density at radius 1 is 1.03 bits per heavy atom. The van der Waals surface area contributed by atoms with Gasteiger partial charge < -0.3 is 34.8 Å². The zero-order valence-corrected chi connectivity index (χ0v) is 23.3. The highest BCUT2D eigenvalue weighted by molar-refractivity contribution is 5.89. The largest absolute Gasteiger partial charge is 0.493 e. The Hall–Kier alpha value is -3.40. The van der Waals surface area contributed by atoms with Crippen LogP contribution in [0.5, 0.6) is 11.5 Å². The first-order valence-corrected chi connectivity index (χ1v) is 12.9. The fourth-order valence-corrected chi connectivity index (χ4v) is 4.16. The van der Waals surface area contributed by atoms with Gasteiger partial charge in [-0.3, -0.25) is 0 Å². The summed E-state index contributed by atoms with van der Waals surface area (Å²) in [5.41, 5.74) is 3.46. The molecule has 2 aromatic carbocycles. The maximum atomic E-state index is 10.6. The molecule has 0 heterocycles. The molecule has 2 atom stereocenters. The number of ether oxygens (including phenoxy) is 3. The van der Waals surface area contributed by atoms with Gasteiger partial charge in [0.05, 0.1) is 33.0 Å². The van der Waals surface area contributed by atoms with Crippen LogP contribution in [0.1, 0.15) is 49.5 Å². The summed E-state index contributed by atoms with van der Waals surface area (Å²) < 4.78 is 16.9. The number of carboxylic acid groups (broad SMARTS) is 2. The first-order valence-electron chi connectivity index (χ1n) is 12.9. The lowest BCUT2D eigenvalue weighted by Gasteiger charge is -2.29. The fraction of sp³-hybridized carbons (Fsp3) is 0.467. The quantitative estimate of drug-likeness (QED) is 0.259. The zero-order chi connectivity index (χ0) is 29.0. The van der Waals surface area contributed by atoms with Crippen LogP contribution in [0.15, 0.2) is 54.6 Å². The molecular formula is C30H41NO8. The van der Waals surface area contributed by atoms with E-state index < -0.39 is 18.0 Å². The first-order chi connectivity index (χ1) is 18.5. The highest BCUT2D eigenvalue weighted by Gasteiger charge is 2.34. The summed E-state index contributed by atoms with van der Waals surface area (Å²) >= 11 is 0. The molecule has 214 valence electrons. The Balaban J connectivity index is 0.000000580. The number of hydrogen-bond donors (Lipinski definition) is 4. The maximum Gasteiger partial charge on any atom is 0.328 e. The predicted octanol–water partition coefficient (Wildman–Crippen LogP) is 4.16. The van der Waals surface area contributed by atoms with Crippen LogP contribution in [-0.2, 0) is 20.7 Å². The Morgan fingerprint density at radius 3 is 2.18 bits per heavy atom. The SMILES string of the molecule is COc1ccc(CC(C)(C)NC[C@@H](O)CO[C@@H](c2ccccc2C)C2CC2)cc1OC.O=C(O)/C=C/C(=O)O. The standard InChI is InChI=1S/C26H37NO4.C4H4O4/c1-18-8-6-7-9-22(18)25(20-11-12-20)31-17-21(28)16-27-26(2,3)15-19-10-13-23(29-4)24(14-19)30-5;5-3(6)1-2-4(7)8/h6-10,13-14,20-21,25,27-28H,11-12,15-17H2,1-5H3;1-2H,(H,5,6)(H,7,8)/b;2-1+/t21-,25-;/m1./s1. The zero-order valence-electron chi connectivity index (χ0n) is 23.3. The van der Waals surface area contributed by atoms with E-state index in [4.69, 9.17) is 24.4 Å². The number of aliphatic hydroxyl groups is 1. The van der Waals surface area contributed by atoms with Crippen LogP contribution < -0.4 is 14.8 Å². The van der Waals surface area contributed by atoms with Crippen molar-refractivity contribution in [3.63, 3.8) is 0 Å². The third-order valence-electron chi connectivity index (χ3n) is 6.29. The summed E-state index contributed by atoms with van der Waals surface area (Å²) in [5.74, 6) is -0.488. The number of aliphatic carboxylic acids is 2. The second-order valence-electron chi connectivity index (χ2n) is 10.2. The summed E-state index contributed by atoms with van der Waals surface area (Å²) in [6.07, 6.45) is 3.84. The van der Waals surface area contributed by atoms with E-state index in [1.54, 1.807) is 14.2 Å². The van der Waals surface area contributed by atoms with E-state index >= 15 is 0 Å². The number of β-amino-alcohol motifs (C(OH)–C–C–N with tert-alkyl or cyclic N) is 1. The molecule has 0 spiro atoms. The van der Waals surface area contributed by atoms with E-state index in [-0.39, 0.29) is 11.6 Å². The fourth-order valence-electron chi connectivity index (χ4n) is 4.16. The van der Waals surface area contributed by atoms with Gasteiger partial charge in [-0.2, -0.15) is 0 Å². The number of nitrogens with one attached hydrogen (secondary N) is 1. The van der Waals surface area contributed by atoms with E-state index in [0.29, 0.717) is 31.2 Å². The molecular weight excluding hydrogens is 502 g/mol. The summed E-state index contributed by atoms with van der Waals surface area (Å²) in [6, 6.07) is 14.4. The van der Waals surface area contributed by atoms with Crippen LogP contribution >= 0.6 is 0 Å². The van der Waals surface area contributed by atoms with E-state index in [9.17, 15) is 14.7 Å². The highest BCUT2D eigenvalue weighted by Crippen LogP contribution is 2.44. The van der Waals surface area contributed by atoms with Gasteiger partial charge in [0.15, 0.2) is 11.5 Å². The average molecular weight is 544 g/mol. The van der Waals surface area contributed by atoms with Crippen molar-refractivity contribution in [2.75, 3.05) is 27.4 Å². The van der Waals surface area contributed by atoms with Gasteiger partial charge in [0, 0.05) is 24.2 Å². The molecule has 39 heavy (non-hydrogen) atoms. The highest BCUT2D eigenvalue weighted by atomic mass is 16.5. The van der Waals surface area contributed by atoms with Gasteiger partial charge in [-0.25, -0.2) is 9.59 Å². The Morgan fingerprint density at radius 2 is 1.64 bits per heavy atom. The minimum absolute atomic E-state index is 0.0793. The molecule has 0 bridgehead atoms. The molecule has 9 heteroatoms. The molecule has 9 nitrogen and oxygen atoms in total. The number of carbonyl (C=O) groups is 2. The molecule has 1 saturated carbocycles. The molecule has 0 amide bonds. The van der Waals surface area contributed by atoms with Crippen molar-refractivity contribution < 1.29 is 39.1 Å². The molecule has 0 aromatic heterocycles. The predicted molar refractivity (Wildman–Crippen MR) is 148 cm³/mol. The summed E-state index contributed by atoms with van der Waals surface area (Å²) in [6.45, 7) is 7.21. The number of methoxy groups -OCH3 is 2. The number of aliphatic hydroxyl groups excluding tert-OH is 1. The average Bonchev–Trinajstić information content (AvgIpc) is 3.73. The smallest absolute Gasteiger partial charge is 0.328 e. The maximum absolute atomic E-state index is 10.6. The van der Waals surface area contributed by atoms with Gasteiger partial charge in [0.1, 0.15) is 0 Å². The second kappa shape index (κ2) is 15.3. The number of hydrogen-bond acceptors (Lipinski definition) is 7. The normalized spacial score (nSPS) is 14.7. The Bertz CT molecular complexity index is 1090. The topological polar surface area (TPSA) is 135 Å². The van der Waals surface area contributed by atoms with E-state index in [1.807, 2.05) is 18.2 Å². The van der Waals surface area contributed by atoms with Crippen LogP contribution in [0, 0.1) is 12.8 Å². The van der Waals surface area contributed by atoms with E-state index in [0.717, 1.165) is 23.5 Å². The van der Waals surface area contributed by atoms with Crippen LogP contribution in [0.4, 0.5) is 0 Å². The van der Waals surface area contributed by atoms with Crippen molar-refractivity contribution in [1.29, 1.82) is 0 Å². The minimum atomic E-state index is -1.26. The third kappa shape index (κ3) is 11.5. The molecule has 4 N–H and O–H groups in total. The van der Waals surface area contributed by atoms with Crippen molar-refractivity contribution in [3.05, 3.63) is 71.3 Å². The van der Waals surface area contributed by atoms with Gasteiger partial charge in [-0.15, -0.1) is 0 Å². The van der Waals surface area contributed by atoms with Crippen molar-refractivity contribution >= 4 is 11.9 Å². The van der Waals surface area contributed by atoms with Gasteiger partial charge in [-0.1, -0.05) is 30.3 Å². The molecule has 0 saturated heterocycles. The molecule has 0 aliphatic heterocycles. The molecule has 1 aliphatic rings. The van der Waals surface area contributed by atoms with Crippen LogP contribution in [0.2, 0.25) is 0 Å². The molecule has 2 aromatic rings. The Labute approximate surface area is 230 Å². The Kier molecular flexibility index (Phi) is 12.4. The van der Waals surface area contributed by atoms with E-state index in [1.165, 1.54) is 24.0 Å². The molecule has 1 fully saturated rings. The van der Waals surface area contributed by atoms with Crippen molar-refractivity contribution in [3.8, 4) is 11.5 Å². The lowest BCUT2D eigenvalue weighted by Crippen LogP contribution is -2.46. The lowest BCUT2D eigenvalue weighted by atomic mass is 9.94. The van der Waals surface area contributed by atoms with Crippen molar-refractivity contribution in [1.82, 2.24) is 5.32 Å².